The van der Waals surface area contributed by atoms with E-state index in [0.29, 0.717) is 12.3 Å². The van der Waals surface area contributed by atoms with Crippen LogP contribution in [0.1, 0.15) is 52.1 Å². The monoisotopic (exact) mass is 305 g/mol. The lowest BCUT2D eigenvalue weighted by Gasteiger charge is -2.24. The van der Waals surface area contributed by atoms with Crippen molar-refractivity contribution in [2.45, 2.75) is 46.6 Å². The van der Waals surface area contributed by atoms with Crippen molar-refractivity contribution in [3.63, 3.8) is 0 Å². The molecule has 1 aromatic carbocycles. The van der Waals surface area contributed by atoms with Crippen LogP contribution in [-0.4, -0.2) is 17.0 Å². The van der Waals surface area contributed by atoms with Gasteiger partial charge in [-0.2, -0.15) is 0 Å². The Morgan fingerprint density at radius 1 is 1.09 bits per heavy atom. The summed E-state index contributed by atoms with van der Waals surface area (Å²) < 4.78 is 0. The Balaban J connectivity index is 2.77. The molecule has 1 aromatic rings. The number of carbonyl (C=O) groups is 2. The van der Waals surface area contributed by atoms with Gasteiger partial charge in [-0.05, 0) is 30.7 Å². The average molecular weight is 305 g/mol. The molecule has 3 atom stereocenters. The zero-order valence-electron chi connectivity index (χ0n) is 13.9. The quantitative estimate of drug-likeness (QED) is 0.770. The number of rotatable bonds is 8. The first kappa shape index (κ1) is 18.2. The number of aliphatic carboxylic acids is 1. The van der Waals surface area contributed by atoms with Crippen LogP contribution in [0.2, 0.25) is 0 Å². The maximum Gasteiger partial charge on any atom is 0.308 e. The normalized spacial score (nSPS) is 15.1. The largest absolute Gasteiger partial charge is 0.481 e. The highest BCUT2D eigenvalue weighted by Gasteiger charge is 2.27. The molecule has 0 aromatic heterocycles. The highest BCUT2D eigenvalue weighted by atomic mass is 16.4. The summed E-state index contributed by atoms with van der Waals surface area (Å²) in [6.45, 7) is 7.94. The summed E-state index contributed by atoms with van der Waals surface area (Å²) in [6.07, 6.45) is 1.41. The Hall–Kier alpha value is -1.84. The van der Waals surface area contributed by atoms with Crippen LogP contribution in [0.3, 0.4) is 0 Å². The van der Waals surface area contributed by atoms with Crippen molar-refractivity contribution in [1.82, 2.24) is 5.32 Å². The summed E-state index contributed by atoms with van der Waals surface area (Å²) in [5.41, 5.74) is 0.822. The van der Waals surface area contributed by atoms with Gasteiger partial charge in [0.05, 0.1) is 12.0 Å². The SMILES string of the molecule is CC(C)CC(C)CC(=O)NC(c1ccccc1)C(C)C(=O)O. The molecule has 0 radical (unpaired) electrons. The molecule has 1 rings (SSSR count). The zero-order valence-corrected chi connectivity index (χ0v) is 13.9. The summed E-state index contributed by atoms with van der Waals surface area (Å²) in [4.78, 5) is 23.6. The summed E-state index contributed by atoms with van der Waals surface area (Å²) in [7, 11) is 0. The summed E-state index contributed by atoms with van der Waals surface area (Å²) in [5.74, 6) is -0.839. The Bertz CT molecular complexity index is 484. The van der Waals surface area contributed by atoms with Crippen LogP contribution in [0.5, 0.6) is 0 Å². The van der Waals surface area contributed by atoms with Gasteiger partial charge in [-0.15, -0.1) is 0 Å². The van der Waals surface area contributed by atoms with E-state index in [4.69, 9.17) is 0 Å². The van der Waals surface area contributed by atoms with E-state index in [9.17, 15) is 14.7 Å². The number of nitrogens with one attached hydrogen (secondary N) is 1. The maximum absolute atomic E-state index is 12.2. The van der Waals surface area contributed by atoms with E-state index in [-0.39, 0.29) is 11.8 Å². The van der Waals surface area contributed by atoms with Crippen LogP contribution in [0.4, 0.5) is 0 Å². The Labute approximate surface area is 132 Å². The number of hydrogen-bond acceptors (Lipinski definition) is 2. The number of amides is 1. The highest BCUT2D eigenvalue weighted by Crippen LogP contribution is 2.23. The first-order valence-electron chi connectivity index (χ1n) is 7.88. The van der Waals surface area contributed by atoms with Crippen molar-refractivity contribution in [3.8, 4) is 0 Å². The molecule has 3 unspecified atom stereocenters. The van der Waals surface area contributed by atoms with Crippen LogP contribution in [0.15, 0.2) is 30.3 Å². The minimum absolute atomic E-state index is 0.0879. The molecule has 4 heteroatoms. The molecule has 0 aliphatic carbocycles. The molecule has 0 aliphatic rings. The molecular formula is C18H27NO3. The molecule has 1 amide bonds. The summed E-state index contributed by atoms with van der Waals surface area (Å²) in [5, 5.41) is 12.2. The van der Waals surface area contributed by atoms with Crippen LogP contribution in [-0.2, 0) is 9.59 Å². The molecule has 0 saturated heterocycles. The number of carbonyl (C=O) groups excluding carboxylic acids is 1. The van der Waals surface area contributed by atoms with Gasteiger partial charge in [0.15, 0.2) is 0 Å². The first-order chi connectivity index (χ1) is 10.3. The van der Waals surface area contributed by atoms with E-state index >= 15 is 0 Å². The Morgan fingerprint density at radius 2 is 1.68 bits per heavy atom. The van der Waals surface area contributed by atoms with E-state index in [2.05, 4.69) is 26.1 Å². The van der Waals surface area contributed by atoms with Crippen molar-refractivity contribution in [2.75, 3.05) is 0 Å². The van der Waals surface area contributed by atoms with Crippen LogP contribution in [0, 0.1) is 17.8 Å². The lowest BCUT2D eigenvalue weighted by molar-refractivity contribution is -0.142. The first-order valence-corrected chi connectivity index (χ1v) is 7.88. The smallest absolute Gasteiger partial charge is 0.308 e. The third kappa shape index (κ3) is 5.88. The second kappa shape index (κ2) is 8.57. The topological polar surface area (TPSA) is 66.4 Å². The molecular weight excluding hydrogens is 278 g/mol. The van der Waals surface area contributed by atoms with E-state index in [1.165, 1.54) is 0 Å². The fourth-order valence-corrected chi connectivity index (χ4v) is 2.74. The molecule has 22 heavy (non-hydrogen) atoms. The molecule has 0 bridgehead atoms. The third-order valence-electron chi connectivity index (χ3n) is 3.77. The molecule has 0 heterocycles. The Kier molecular flexibility index (Phi) is 7.09. The number of carboxylic acid groups (broad SMARTS) is 1. The van der Waals surface area contributed by atoms with Crippen molar-refractivity contribution < 1.29 is 14.7 Å². The van der Waals surface area contributed by atoms with Gasteiger partial charge in [0, 0.05) is 6.42 Å². The zero-order chi connectivity index (χ0) is 16.7. The number of hydrogen-bond donors (Lipinski definition) is 2. The summed E-state index contributed by atoms with van der Waals surface area (Å²) in [6, 6.07) is 8.77. The molecule has 122 valence electrons. The molecule has 0 spiro atoms. The van der Waals surface area contributed by atoms with Crippen molar-refractivity contribution in [3.05, 3.63) is 35.9 Å². The predicted octanol–water partition coefficient (Wildman–Crippen LogP) is 3.64. The average Bonchev–Trinajstić information content (AvgIpc) is 2.43. The summed E-state index contributed by atoms with van der Waals surface area (Å²) >= 11 is 0. The van der Waals surface area contributed by atoms with E-state index < -0.39 is 17.9 Å². The number of benzene rings is 1. The molecule has 0 fully saturated rings. The van der Waals surface area contributed by atoms with E-state index in [1.54, 1.807) is 6.92 Å². The van der Waals surface area contributed by atoms with Crippen molar-refractivity contribution >= 4 is 11.9 Å². The molecule has 0 saturated carbocycles. The van der Waals surface area contributed by atoms with Gasteiger partial charge >= 0.3 is 5.97 Å². The van der Waals surface area contributed by atoms with E-state index in [0.717, 1.165) is 12.0 Å². The van der Waals surface area contributed by atoms with Gasteiger partial charge in [-0.1, -0.05) is 51.1 Å². The highest BCUT2D eigenvalue weighted by molar-refractivity contribution is 5.78. The van der Waals surface area contributed by atoms with Gasteiger partial charge in [0.25, 0.3) is 0 Å². The van der Waals surface area contributed by atoms with Gasteiger partial charge in [-0.3, -0.25) is 9.59 Å². The van der Waals surface area contributed by atoms with Crippen LogP contribution >= 0.6 is 0 Å². The second-order valence-corrected chi connectivity index (χ2v) is 6.52. The third-order valence-corrected chi connectivity index (χ3v) is 3.77. The lowest BCUT2D eigenvalue weighted by Crippen LogP contribution is -2.36. The van der Waals surface area contributed by atoms with Crippen LogP contribution in [0.25, 0.3) is 0 Å². The van der Waals surface area contributed by atoms with Crippen LogP contribution < -0.4 is 5.32 Å². The number of carboxylic acids is 1. The van der Waals surface area contributed by atoms with E-state index in [1.807, 2.05) is 30.3 Å². The van der Waals surface area contributed by atoms with Gasteiger partial charge < -0.3 is 10.4 Å². The van der Waals surface area contributed by atoms with Gasteiger partial charge in [0.2, 0.25) is 5.91 Å². The van der Waals surface area contributed by atoms with Gasteiger partial charge in [-0.25, -0.2) is 0 Å². The Morgan fingerprint density at radius 3 is 2.18 bits per heavy atom. The minimum atomic E-state index is -0.913. The molecule has 4 nitrogen and oxygen atoms in total. The molecule has 2 N–H and O–H groups in total. The van der Waals surface area contributed by atoms with Crippen molar-refractivity contribution in [1.29, 1.82) is 0 Å². The fourth-order valence-electron chi connectivity index (χ4n) is 2.74. The minimum Gasteiger partial charge on any atom is -0.481 e. The molecule has 0 aliphatic heterocycles. The maximum atomic E-state index is 12.2. The predicted molar refractivity (Wildman–Crippen MR) is 87.4 cm³/mol. The lowest BCUT2D eigenvalue weighted by atomic mass is 9.92. The van der Waals surface area contributed by atoms with Gasteiger partial charge in [0.1, 0.15) is 0 Å². The fraction of sp³-hybridized carbons (Fsp3) is 0.556. The standard InChI is InChI=1S/C18H27NO3/c1-12(2)10-13(3)11-16(20)19-17(14(4)18(21)22)15-8-6-5-7-9-15/h5-9,12-14,17H,10-11H2,1-4H3,(H,19,20)(H,21,22). The van der Waals surface area contributed by atoms with Crippen molar-refractivity contribution in [2.24, 2.45) is 17.8 Å². The second-order valence-electron chi connectivity index (χ2n) is 6.52.